The number of fused-ring (bicyclic) bond motifs is 2. The van der Waals surface area contributed by atoms with Crippen LogP contribution < -0.4 is 0 Å². The second kappa shape index (κ2) is 5.71. The van der Waals surface area contributed by atoms with Crippen molar-refractivity contribution in [1.82, 2.24) is 15.1 Å². The first-order valence-electron chi connectivity index (χ1n) is 7.26. The zero-order valence-electron chi connectivity index (χ0n) is 11.9. The summed E-state index contributed by atoms with van der Waals surface area (Å²) in [4.78, 5) is 2.70. The Morgan fingerprint density at radius 2 is 2.37 bits per heavy atom. The normalized spacial score (nSPS) is 26.7. The van der Waals surface area contributed by atoms with Gasteiger partial charge in [0.1, 0.15) is 0 Å². The van der Waals surface area contributed by atoms with Crippen molar-refractivity contribution in [3.8, 4) is 0 Å². The van der Waals surface area contributed by atoms with Crippen molar-refractivity contribution in [2.45, 2.75) is 32.2 Å². The molecule has 2 aliphatic rings. The lowest BCUT2D eigenvalue weighted by molar-refractivity contribution is 0.149. The van der Waals surface area contributed by atoms with E-state index in [1.165, 1.54) is 42.9 Å². The molecule has 2 heterocycles. The molecule has 1 aromatic rings. The topological polar surface area (TPSA) is 31.9 Å². The van der Waals surface area contributed by atoms with E-state index < -0.39 is 0 Å². The molecule has 0 saturated heterocycles. The van der Waals surface area contributed by atoms with Crippen molar-refractivity contribution < 1.29 is 0 Å². The molecule has 0 fully saturated rings. The van der Waals surface area contributed by atoms with Crippen molar-refractivity contribution in [2.24, 2.45) is 5.92 Å². The van der Waals surface area contributed by atoms with Crippen LogP contribution in [0.1, 0.15) is 24.6 Å². The van der Waals surface area contributed by atoms with E-state index in [1.54, 1.807) is 5.57 Å². The van der Waals surface area contributed by atoms with Gasteiger partial charge in [0, 0.05) is 24.5 Å². The summed E-state index contributed by atoms with van der Waals surface area (Å²) in [5, 5.41) is 7.45. The van der Waals surface area contributed by atoms with Gasteiger partial charge in [-0.3, -0.25) is 10.00 Å². The van der Waals surface area contributed by atoms with Crippen LogP contribution in [-0.2, 0) is 12.8 Å². The van der Waals surface area contributed by atoms with E-state index in [9.17, 15) is 0 Å². The van der Waals surface area contributed by atoms with Crippen LogP contribution in [0.25, 0.3) is 0 Å². The Bertz CT molecular complexity index is 466. The van der Waals surface area contributed by atoms with Crippen molar-refractivity contribution in [3.63, 3.8) is 0 Å². The van der Waals surface area contributed by atoms with Gasteiger partial charge < -0.3 is 0 Å². The third kappa shape index (κ3) is 2.61. The minimum absolute atomic E-state index is 0.665. The van der Waals surface area contributed by atoms with Gasteiger partial charge in [0.25, 0.3) is 0 Å². The van der Waals surface area contributed by atoms with E-state index in [1.807, 2.05) is 11.8 Å². The minimum atomic E-state index is 0.665. The number of hydrogen-bond acceptors (Lipinski definition) is 3. The first-order chi connectivity index (χ1) is 9.31. The molecule has 1 aliphatic heterocycles. The maximum absolute atomic E-state index is 4.41. The van der Waals surface area contributed by atoms with Crippen molar-refractivity contribution in [3.05, 3.63) is 29.1 Å². The Labute approximate surface area is 119 Å². The van der Waals surface area contributed by atoms with Gasteiger partial charge in [0.15, 0.2) is 0 Å². The van der Waals surface area contributed by atoms with Crippen molar-refractivity contribution in [2.75, 3.05) is 25.1 Å². The zero-order chi connectivity index (χ0) is 13.2. The van der Waals surface area contributed by atoms with Crippen LogP contribution in [0.5, 0.6) is 0 Å². The molecule has 4 heteroatoms. The molecule has 0 spiro atoms. The fourth-order valence-corrected chi connectivity index (χ4v) is 4.11. The SMILES string of the molecule is CCCN1CC(CSC)=C[C@H]2Cc3n[nH]cc3C[C@@H]21. The monoisotopic (exact) mass is 277 g/mol. The molecule has 0 radical (unpaired) electrons. The largest absolute Gasteiger partial charge is 0.296 e. The summed E-state index contributed by atoms with van der Waals surface area (Å²) < 4.78 is 0. The number of rotatable bonds is 4. The lowest BCUT2D eigenvalue weighted by Crippen LogP contribution is -2.48. The van der Waals surface area contributed by atoms with E-state index in [-0.39, 0.29) is 0 Å². The molecule has 0 aromatic carbocycles. The molecule has 0 saturated carbocycles. The number of H-pyrrole nitrogens is 1. The highest BCUT2D eigenvalue weighted by atomic mass is 32.2. The van der Waals surface area contributed by atoms with Gasteiger partial charge >= 0.3 is 0 Å². The average Bonchev–Trinajstić information content (AvgIpc) is 2.84. The second-order valence-electron chi connectivity index (χ2n) is 5.73. The molecular formula is C15H23N3S. The Balaban J connectivity index is 1.85. The molecule has 1 N–H and O–H groups in total. The van der Waals surface area contributed by atoms with Crippen LogP contribution in [0, 0.1) is 5.92 Å². The molecule has 1 aromatic heterocycles. The van der Waals surface area contributed by atoms with E-state index in [4.69, 9.17) is 0 Å². The number of aromatic amines is 1. The predicted molar refractivity (Wildman–Crippen MR) is 81.6 cm³/mol. The minimum Gasteiger partial charge on any atom is -0.296 e. The molecule has 19 heavy (non-hydrogen) atoms. The summed E-state index contributed by atoms with van der Waals surface area (Å²) in [6, 6.07) is 0.690. The van der Waals surface area contributed by atoms with Crippen molar-refractivity contribution in [1.29, 1.82) is 0 Å². The predicted octanol–water partition coefficient (Wildman–Crippen LogP) is 2.51. The number of aromatic nitrogens is 2. The van der Waals surface area contributed by atoms with Crippen LogP contribution >= 0.6 is 11.8 Å². The Morgan fingerprint density at radius 1 is 1.47 bits per heavy atom. The average molecular weight is 277 g/mol. The highest BCUT2D eigenvalue weighted by molar-refractivity contribution is 7.98. The Kier molecular flexibility index (Phi) is 3.99. The molecule has 104 valence electrons. The summed E-state index contributed by atoms with van der Waals surface area (Å²) in [5.41, 5.74) is 4.34. The summed E-state index contributed by atoms with van der Waals surface area (Å²) in [6.07, 6.45) is 10.4. The lowest BCUT2D eigenvalue weighted by atomic mass is 9.79. The highest BCUT2D eigenvalue weighted by Gasteiger charge is 2.35. The quantitative estimate of drug-likeness (QED) is 0.858. The van der Waals surface area contributed by atoms with Gasteiger partial charge in [-0.15, -0.1) is 0 Å². The summed E-state index contributed by atoms with van der Waals surface area (Å²) in [7, 11) is 0. The lowest BCUT2D eigenvalue weighted by Gasteiger charge is -2.42. The van der Waals surface area contributed by atoms with Crippen molar-refractivity contribution >= 4 is 11.8 Å². The second-order valence-corrected chi connectivity index (χ2v) is 6.59. The van der Waals surface area contributed by atoms with Gasteiger partial charge in [-0.2, -0.15) is 16.9 Å². The number of thioether (sulfide) groups is 1. The van der Waals surface area contributed by atoms with Gasteiger partial charge in [0.05, 0.1) is 5.69 Å². The Hall–Kier alpha value is -0.740. The third-order valence-electron chi connectivity index (χ3n) is 4.33. The van der Waals surface area contributed by atoms with Crippen LogP contribution in [-0.4, -0.2) is 46.2 Å². The molecule has 1 aliphatic carbocycles. The van der Waals surface area contributed by atoms with Gasteiger partial charge in [-0.25, -0.2) is 0 Å². The fraction of sp³-hybridized carbons (Fsp3) is 0.667. The number of hydrogen-bond donors (Lipinski definition) is 1. The van der Waals surface area contributed by atoms with E-state index in [0.717, 1.165) is 6.42 Å². The van der Waals surface area contributed by atoms with E-state index in [2.05, 4.69) is 40.5 Å². The smallest absolute Gasteiger partial charge is 0.0661 e. The maximum atomic E-state index is 4.41. The molecule has 0 amide bonds. The summed E-state index contributed by atoms with van der Waals surface area (Å²) >= 11 is 1.94. The van der Waals surface area contributed by atoms with Gasteiger partial charge in [-0.05, 0) is 49.1 Å². The number of nitrogens with zero attached hydrogens (tertiary/aromatic N) is 2. The van der Waals surface area contributed by atoms with Crippen LogP contribution in [0.4, 0.5) is 0 Å². The molecule has 3 nitrogen and oxygen atoms in total. The first-order valence-corrected chi connectivity index (χ1v) is 8.65. The third-order valence-corrected chi connectivity index (χ3v) is 4.99. The highest BCUT2D eigenvalue weighted by Crippen LogP contribution is 2.33. The van der Waals surface area contributed by atoms with E-state index in [0.29, 0.717) is 12.0 Å². The molecule has 0 bridgehead atoms. The Morgan fingerprint density at radius 3 is 3.16 bits per heavy atom. The molecule has 2 atom stereocenters. The summed E-state index contributed by atoms with van der Waals surface area (Å²) in [5.74, 6) is 1.84. The molecule has 3 rings (SSSR count). The van der Waals surface area contributed by atoms with Crippen LogP contribution in [0.3, 0.4) is 0 Å². The zero-order valence-corrected chi connectivity index (χ0v) is 12.7. The van der Waals surface area contributed by atoms with Crippen LogP contribution in [0.2, 0.25) is 0 Å². The van der Waals surface area contributed by atoms with Gasteiger partial charge in [0.2, 0.25) is 0 Å². The van der Waals surface area contributed by atoms with Gasteiger partial charge in [-0.1, -0.05) is 13.0 Å². The fourth-order valence-electron chi connectivity index (χ4n) is 3.55. The standard InChI is InChI=1S/C15H23N3S/c1-3-4-18-9-11(10-19-2)5-12-6-14-13(7-15(12)18)8-16-17-14/h5,8,12,15H,3-4,6-7,9-10H2,1-2H3,(H,16,17)/t12-,15-/m0/s1. The van der Waals surface area contributed by atoms with E-state index >= 15 is 0 Å². The van der Waals surface area contributed by atoms with Crippen LogP contribution in [0.15, 0.2) is 17.8 Å². The molecule has 0 unspecified atom stereocenters. The number of nitrogens with one attached hydrogen (secondary N) is 1. The molecular weight excluding hydrogens is 254 g/mol. The first kappa shape index (κ1) is 13.3. The summed E-state index contributed by atoms with van der Waals surface area (Å²) in [6.45, 7) is 4.68. The maximum Gasteiger partial charge on any atom is 0.0661 e.